The van der Waals surface area contributed by atoms with Crippen LogP contribution in [0.4, 0.5) is 5.69 Å². The van der Waals surface area contributed by atoms with Crippen molar-refractivity contribution in [2.24, 2.45) is 0 Å². The number of nitrogens with one attached hydrogen (secondary N) is 1. The van der Waals surface area contributed by atoms with Crippen molar-refractivity contribution in [1.29, 1.82) is 0 Å². The Balaban J connectivity index is 1.83. The van der Waals surface area contributed by atoms with Crippen LogP contribution in [-0.4, -0.2) is 20.9 Å². The van der Waals surface area contributed by atoms with Gasteiger partial charge in [-0.3, -0.25) is 9.10 Å². The summed E-state index contributed by atoms with van der Waals surface area (Å²) in [4.78, 5) is 12.6. The molecule has 0 unspecified atom stereocenters. The molecular weight excluding hydrogens is 396 g/mol. The van der Waals surface area contributed by atoms with Gasteiger partial charge in [-0.15, -0.1) is 0 Å². The molecule has 7 heteroatoms. The zero-order valence-electron chi connectivity index (χ0n) is 15.0. The number of rotatable bonds is 7. The van der Waals surface area contributed by atoms with Crippen molar-refractivity contribution in [3.8, 4) is 0 Å². The minimum atomic E-state index is -3.94. The Morgan fingerprint density at radius 2 is 1.43 bits per heavy atom. The highest BCUT2D eigenvalue weighted by atomic mass is 35.5. The first-order valence-electron chi connectivity index (χ1n) is 8.61. The number of anilines is 1. The number of amides is 1. The maximum Gasteiger partial charge on any atom is 0.264 e. The summed E-state index contributed by atoms with van der Waals surface area (Å²) < 4.78 is 27.4. The average molecular weight is 415 g/mol. The molecule has 3 rings (SSSR count). The van der Waals surface area contributed by atoms with Crippen LogP contribution in [0.25, 0.3) is 0 Å². The Labute approximate surface area is 169 Å². The lowest BCUT2D eigenvalue weighted by Crippen LogP contribution is -2.40. The second kappa shape index (κ2) is 8.91. The molecule has 0 aliphatic carbocycles. The van der Waals surface area contributed by atoms with Gasteiger partial charge in [0.2, 0.25) is 5.91 Å². The second-order valence-corrected chi connectivity index (χ2v) is 8.36. The molecule has 144 valence electrons. The van der Waals surface area contributed by atoms with E-state index in [1.165, 1.54) is 24.3 Å². The van der Waals surface area contributed by atoms with Crippen LogP contribution >= 0.6 is 11.6 Å². The number of halogens is 1. The zero-order valence-corrected chi connectivity index (χ0v) is 16.5. The maximum absolute atomic E-state index is 13.2. The molecule has 0 saturated carbocycles. The third kappa shape index (κ3) is 4.91. The van der Waals surface area contributed by atoms with E-state index in [1.54, 1.807) is 30.3 Å². The predicted octanol–water partition coefficient (Wildman–Crippen LogP) is 3.85. The standard InChI is InChI=1S/C21H19ClN2O3S/c22-18-11-13-20(14-12-18)28(26,27)24(19-9-5-2-6-10-19)16-21(25)23-15-17-7-3-1-4-8-17/h1-14H,15-16H2,(H,23,25). The molecule has 3 aromatic rings. The molecule has 0 aromatic heterocycles. The summed E-state index contributed by atoms with van der Waals surface area (Å²) in [5.41, 5.74) is 1.34. The molecule has 28 heavy (non-hydrogen) atoms. The quantitative estimate of drug-likeness (QED) is 0.638. The highest BCUT2D eigenvalue weighted by molar-refractivity contribution is 7.92. The first-order chi connectivity index (χ1) is 13.5. The Hall–Kier alpha value is -2.83. The first kappa shape index (κ1) is 19.9. The van der Waals surface area contributed by atoms with Gasteiger partial charge < -0.3 is 5.32 Å². The summed E-state index contributed by atoms with van der Waals surface area (Å²) in [5, 5.41) is 3.20. The predicted molar refractivity (Wildman–Crippen MR) is 111 cm³/mol. The number of carbonyl (C=O) groups excluding carboxylic acids is 1. The van der Waals surface area contributed by atoms with Gasteiger partial charge in [0.15, 0.2) is 0 Å². The number of para-hydroxylation sites is 1. The summed E-state index contributed by atoms with van der Waals surface area (Å²) in [6.07, 6.45) is 0. The van der Waals surface area contributed by atoms with Crippen molar-refractivity contribution in [1.82, 2.24) is 5.32 Å². The molecule has 0 aliphatic rings. The third-order valence-electron chi connectivity index (χ3n) is 4.07. The number of nitrogens with zero attached hydrogens (tertiary/aromatic N) is 1. The fourth-order valence-corrected chi connectivity index (χ4v) is 4.17. The monoisotopic (exact) mass is 414 g/mol. The van der Waals surface area contributed by atoms with Crippen LogP contribution in [-0.2, 0) is 21.4 Å². The van der Waals surface area contributed by atoms with Crippen molar-refractivity contribution >= 4 is 33.2 Å². The van der Waals surface area contributed by atoms with Crippen LogP contribution in [0.5, 0.6) is 0 Å². The van der Waals surface area contributed by atoms with Crippen molar-refractivity contribution in [2.75, 3.05) is 10.8 Å². The van der Waals surface area contributed by atoms with Crippen molar-refractivity contribution < 1.29 is 13.2 Å². The van der Waals surface area contributed by atoms with E-state index in [0.29, 0.717) is 17.3 Å². The molecule has 1 N–H and O–H groups in total. The molecule has 0 radical (unpaired) electrons. The number of benzene rings is 3. The SMILES string of the molecule is O=C(CN(c1ccccc1)S(=O)(=O)c1ccc(Cl)cc1)NCc1ccccc1. The molecule has 0 atom stereocenters. The van der Waals surface area contributed by atoms with E-state index in [9.17, 15) is 13.2 Å². The van der Waals surface area contributed by atoms with E-state index in [0.717, 1.165) is 9.87 Å². The van der Waals surface area contributed by atoms with Crippen LogP contribution < -0.4 is 9.62 Å². The number of sulfonamides is 1. The van der Waals surface area contributed by atoms with Crippen LogP contribution in [0, 0.1) is 0 Å². The average Bonchev–Trinajstić information content (AvgIpc) is 2.72. The highest BCUT2D eigenvalue weighted by Crippen LogP contribution is 2.24. The minimum Gasteiger partial charge on any atom is -0.350 e. The molecule has 3 aromatic carbocycles. The van der Waals surface area contributed by atoms with Crippen molar-refractivity contribution in [3.63, 3.8) is 0 Å². The molecule has 0 saturated heterocycles. The van der Waals surface area contributed by atoms with Gasteiger partial charge in [-0.1, -0.05) is 60.1 Å². The van der Waals surface area contributed by atoms with Gasteiger partial charge in [-0.25, -0.2) is 8.42 Å². The van der Waals surface area contributed by atoms with Crippen molar-refractivity contribution in [2.45, 2.75) is 11.4 Å². The summed E-state index contributed by atoms with van der Waals surface area (Å²) >= 11 is 5.87. The molecule has 0 spiro atoms. The van der Waals surface area contributed by atoms with Crippen LogP contribution in [0.2, 0.25) is 5.02 Å². The smallest absolute Gasteiger partial charge is 0.264 e. The summed E-state index contributed by atoms with van der Waals surface area (Å²) in [6.45, 7) is -0.00883. The Bertz CT molecular complexity index is 1020. The van der Waals surface area contributed by atoms with Gasteiger partial charge >= 0.3 is 0 Å². The van der Waals surface area contributed by atoms with E-state index in [2.05, 4.69) is 5.32 Å². The van der Waals surface area contributed by atoms with Gasteiger partial charge in [-0.2, -0.15) is 0 Å². The Morgan fingerprint density at radius 1 is 0.857 bits per heavy atom. The minimum absolute atomic E-state index is 0.0663. The number of carbonyl (C=O) groups is 1. The molecule has 1 amide bonds. The number of hydrogen-bond acceptors (Lipinski definition) is 3. The summed E-state index contributed by atoms with van der Waals surface area (Å²) in [6, 6.07) is 23.8. The van der Waals surface area contributed by atoms with Crippen LogP contribution in [0.3, 0.4) is 0 Å². The second-order valence-electron chi connectivity index (χ2n) is 6.06. The fraction of sp³-hybridized carbons (Fsp3) is 0.0952. The first-order valence-corrected chi connectivity index (χ1v) is 10.4. The Kier molecular flexibility index (Phi) is 6.34. The van der Waals surface area contributed by atoms with Crippen LogP contribution in [0.15, 0.2) is 89.8 Å². The van der Waals surface area contributed by atoms with Crippen molar-refractivity contribution in [3.05, 3.63) is 95.5 Å². The van der Waals surface area contributed by atoms with E-state index >= 15 is 0 Å². The maximum atomic E-state index is 13.2. The Morgan fingerprint density at radius 3 is 2.04 bits per heavy atom. The summed E-state index contributed by atoms with van der Waals surface area (Å²) in [5.74, 6) is -0.398. The van der Waals surface area contributed by atoms with E-state index in [4.69, 9.17) is 11.6 Å². The lowest BCUT2D eigenvalue weighted by Gasteiger charge is -2.24. The molecule has 0 fully saturated rings. The van der Waals surface area contributed by atoms with Gasteiger partial charge in [0.1, 0.15) is 6.54 Å². The van der Waals surface area contributed by atoms with E-state index < -0.39 is 15.9 Å². The zero-order chi connectivity index (χ0) is 20.0. The number of hydrogen-bond donors (Lipinski definition) is 1. The molecule has 0 bridgehead atoms. The van der Waals surface area contributed by atoms with Gasteiger partial charge in [0, 0.05) is 11.6 Å². The lowest BCUT2D eigenvalue weighted by molar-refractivity contribution is -0.119. The molecule has 0 aliphatic heterocycles. The largest absolute Gasteiger partial charge is 0.350 e. The molecular formula is C21H19ClN2O3S. The lowest BCUT2D eigenvalue weighted by atomic mass is 10.2. The summed E-state index contributed by atoms with van der Waals surface area (Å²) in [7, 11) is -3.94. The molecule has 5 nitrogen and oxygen atoms in total. The van der Waals surface area contributed by atoms with Gasteiger partial charge in [0.25, 0.3) is 10.0 Å². The topological polar surface area (TPSA) is 66.5 Å². The highest BCUT2D eigenvalue weighted by Gasteiger charge is 2.27. The van der Waals surface area contributed by atoms with Crippen LogP contribution in [0.1, 0.15) is 5.56 Å². The third-order valence-corrected chi connectivity index (χ3v) is 6.11. The molecule has 0 heterocycles. The van der Waals surface area contributed by atoms with E-state index in [-0.39, 0.29) is 11.4 Å². The van der Waals surface area contributed by atoms with Gasteiger partial charge in [-0.05, 0) is 42.0 Å². The normalized spacial score (nSPS) is 11.0. The van der Waals surface area contributed by atoms with E-state index in [1.807, 2.05) is 30.3 Å². The fourth-order valence-electron chi connectivity index (χ4n) is 2.63. The van der Waals surface area contributed by atoms with Gasteiger partial charge in [0.05, 0.1) is 10.6 Å².